The summed E-state index contributed by atoms with van der Waals surface area (Å²) in [6.45, 7) is 7.45. The molecule has 3 heteroatoms. The highest BCUT2D eigenvalue weighted by Crippen LogP contribution is 2.52. The molecule has 2 aliphatic rings. The molecule has 0 amide bonds. The Balaban J connectivity index is 2.44. The predicted molar refractivity (Wildman–Crippen MR) is 70.1 cm³/mol. The average Bonchev–Trinajstić information content (AvgIpc) is 2.22. The molecular formula is C15H24O3. The molecule has 2 aliphatic carbocycles. The van der Waals surface area contributed by atoms with Crippen LogP contribution in [0.5, 0.6) is 0 Å². The van der Waals surface area contributed by atoms with Crippen molar-refractivity contribution >= 4 is 5.78 Å². The summed E-state index contributed by atoms with van der Waals surface area (Å²) in [5.74, 6) is -0.0284. The number of aliphatic hydroxyl groups is 2. The zero-order valence-electron chi connectivity index (χ0n) is 11.8. The van der Waals surface area contributed by atoms with Gasteiger partial charge >= 0.3 is 0 Å². The second-order valence-electron chi connectivity index (χ2n) is 6.77. The molecule has 18 heavy (non-hydrogen) atoms. The first-order chi connectivity index (χ1) is 8.17. The largest absolute Gasteiger partial charge is 0.390 e. The lowest BCUT2D eigenvalue weighted by Crippen LogP contribution is -2.49. The molecule has 0 aromatic heterocycles. The lowest BCUT2D eigenvalue weighted by molar-refractivity contribution is -0.118. The highest BCUT2D eigenvalue weighted by molar-refractivity contribution is 5.97. The van der Waals surface area contributed by atoms with E-state index in [0.717, 1.165) is 30.4 Å². The molecule has 0 heterocycles. The molecule has 0 aromatic carbocycles. The van der Waals surface area contributed by atoms with E-state index in [1.807, 2.05) is 6.92 Å². The van der Waals surface area contributed by atoms with Crippen LogP contribution in [-0.2, 0) is 4.79 Å². The Labute approximate surface area is 109 Å². The molecule has 2 rings (SSSR count). The number of carbonyl (C=O) groups excluding carboxylic acids is 1. The van der Waals surface area contributed by atoms with Crippen LogP contribution in [0.2, 0.25) is 0 Å². The van der Waals surface area contributed by atoms with Gasteiger partial charge < -0.3 is 10.2 Å². The van der Waals surface area contributed by atoms with Crippen LogP contribution in [0.4, 0.5) is 0 Å². The van der Waals surface area contributed by atoms with Crippen molar-refractivity contribution < 1.29 is 15.0 Å². The lowest BCUT2D eigenvalue weighted by atomic mass is 9.58. The Bertz CT molecular complexity index is 402. The summed E-state index contributed by atoms with van der Waals surface area (Å²) in [6.07, 6.45) is 2.48. The van der Waals surface area contributed by atoms with Crippen LogP contribution in [0.3, 0.4) is 0 Å². The van der Waals surface area contributed by atoms with Crippen molar-refractivity contribution in [2.45, 2.75) is 65.1 Å². The van der Waals surface area contributed by atoms with Gasteiger partial charge in [0.1, 0.15) is 0 Å². The number of allylic oxidation sites excluding steroid dienone is 1. The first kappa shape index (κ1) is 13.8. The van der Waals surface area contributed by atoms with Crippen LogP contribution >= 0.6 is 0 Å². The van der Waals surface area contributed by atoms with Gasteiger partial charge in [-0.3, -0.25) is 4.79 Å². The minimum Gasteiger partial charge on any atom is -0.390 e. The third-order valence-corrected chi connectivity index (χ3v) is 4.97. The van der Waals surface area contributed by atoms with Crippen molar-refractivity contribution in [1.29, 1.82) is 0 Å². The van der Waals surface area contributed by atoms with Gasteiger partial charge in [-0.05, 0) is 56.6 Å². The first-order valence-electron chi connectivity index (χ1n) is 6.82. The van der Waals surface area contributed by atoms with E-state index in [4.69, 9.17) is 0 Å². The smallest absolute Gasteiger partial charge is 0.158 e. The molecule has 0 aliphatic heterocycles. The number of hydrogen-bond donors (Lipinski definition) is 2. The minimum absolute atomic E-state index is 0.0564. The Hall–Kier alpha value is -0.670. The van der Waals surface area contributed by atoms with E-state index in [0.29, 0.717) is 6.42 Å². The zero-order chi connectivity index (χ0) is 13.7. The fraction of sp³-hybridized carbons (Fsp3) is 0.800. The molecule has 3 unspecified atom stereocenters. The number of aliphatic hydroxyl groups excluding tert-OH is 1. The fourth-order valence-electron chi connectivity index (χ4n) is 3.73. The second kappa shape index (κ2) is 4.17. The molecule has 0 saturated heterocycles. The maximum atomic E-state index is 11.9. The molecule has 102 valence electrons. The topological polar surface area (TPSA) is 57.5 Å². The van der Waals surface area contributed by atoms with Crippen molar-refractivity contribution in [3.05, 3.63) is 11.1 Å². The normalized spacial score (nSPS) is 37.8. The van der Waals surface area contributed by atoms with Gasteiger partial charge in [-0.25, -0.2) is 0 Å². The summed E-state index contributed by atoms with van der Waals surface area (Å²) in [7, 11) is 0. The van der Waals surface area contributed by atoms with Gasteiger partial charge in [-0.15, -0.1) is 0 Å². The van der Waals surface area contributed by atoms with E-state index in [2.05, 4.69) is 6.92 Å². The van der Waals surface area contributed by atoms with E-state index >= 15 is 0 Å². The number of carbonyl (C=O) groups is 1. The van der Waals surface area contributed by atoms with E-state index < -0.39 is 11.7 Å². The van der Waals surface area contributed by atoms with Crippen molar-refractivity contribution in [2.24, 2.45) is 11.3 Å². The molecule has 0 radical (unpaired) electrons. The van der Waals surface area contributed by atoms with Crippen LogP contribution in [-0.4, -0.2) is 27.7 Å². The minimum atomic E-state index is -0.908. The van der Waals surface area contributed by atoms with Gasteiger partial charge in [-0.2, -0.15) is 0 Å². The summed E-state index contributed by atoms with van der Waals surface area (Å²) in [4.78, 5) is 11.9. The molecule has 3 nitrogen and oxygen atoms in total. The highest BCUT2D eigenvalue weighted by Gasteiger charge is 2.48. The second-order valence-corrected chi connectivity index (χ2v) is 6.77. The van der Waals surface area contributed by atoms with Gasteiger partial charge in [0, 0.05) is 12.3 Å². The number of rotatable bonds is 1. The van der Waals surface area contributed by atoms with E-state index in [1.54, 1.807) is 13.8 Å². The number of hydrogen-bond acceptors (Lipinski definition) is 3. The average molecular weight is 252 g/mol. The molecule has 1 fully saturated rings. The van der Waals surface area contributed by atoms with Crippen LogP contribution < -0.4 is 0 Å². The van der Waals surface area contributed by atoms with Crippen LogP contribution in [0, 0.1) is 11.3 Å². The Kier molecular flexibility index (Phi) is 3.19. The van der Waals surface area contributed by atoms with Crippen molar-refractivity contribution in [2.75, 3.05) is 0 Å². The first-order valence-corrected chi connectivity index (χ1v) is 6.82. The number of Topliss-reactive ketones (excluding diaryl/α,β-unsaturated/α-hetero) is 1. The van der Waals surface area contributed by atoms with E-state index in [9.17, 15) is 15.0 Å². The van der Waals surface area contributed by atoms with Gasteiger partial charge in [-0.1, -0.05) is 6.92 Å². The predicted octanol–water partition coefficient (Wildman–Crippen LogP) is 2.21. The maximum Gasteiger partial charge on any atom is 0.158 e. The zero-order valence-corrected chi connectivity index (χ0v) is 11.8. The molecule has 0 bridgehead atoms. The van der Waals surface area contributed by atoms with Gasteiger partial charge in [0.25, 0.3) is 0 Å². The van der Waals surface area contributed by atoms with Gasteiger partial charge in [0.15, 0.2) is 5.78 Å². The molecule has 2 N–H and O–H groups in total. The quantitative estimate of drug-likeness (QED) is 0.752. The van der Waals surface area contributed by atoms with Crippen LogP contribution in [0.15, 0.2) is 11.1 Å². The van der Waals surface area contributed by atoms with Gasteiger partial charge in [0.05, 0.1) is 11.7 Å². The van der Waals surface area contributed by atoms with E-state index in [1.165, 1.54) is 0 Å². The Morgan fingerprint density at radius 1 is 1.33 bits per heavy atom. The number of ketones is 1. The highest BCUT2D eigenvalue weighted by atomic mass is 16.3. The number of fused-ring (bicyclic) bond motifs is 1. The molecule has 1 saturated carbocycles. The molecule has 3 atom stereocenters. The maximum absolute atomic E-state index is 11.9. The molecular weight excluding hydrogens is 228 g/mol. The van der Waals surface area contributed by atoms with Crippen LogP contribution in [0.1, 0.15) is 53.4 Å². The van der Waals surface area contributed by atoms with Gasteiger partial charge in [0.2, 0.25) is 0 Å². The summed E-state index contributed by atoms with van der Waals surface area (Å²) in [6, 6.07) is 0. The van der Waals surface area contributed by atoms with Crippen molar-refractivity contribution in [3.63, 3.8) is 0 Å². The standard InChI is InChI=1S/C15H24O3/c1-9-11(16)6-8-15(4)7-5-10(14(2,3)18)13(17)12(9)15/h10,13,17-18H,5-8H2,1-4H3. The lowest BCUT2D eigenvalue weighted by Gasteiger charge is -2.49. The SMILES string of the molecule is CC1=C2C(O)C(C(C)(C)O)CCC2(C)CCC1=O. The Morgan fingerprint density at radius 2 is 1.94 bits per heavy atom. The summed E-state index contributed by atoms with van der Waals surface area (Å²) >= 11 is 0. The summed E-state index contributed by atoms with van der Waals surface area (Å²) in [5, 5.41) is 20.8. The third kappa shape index (κ3) is 2.04. The Morgan fingerprint density at radius 3 is 2.50 bits per heavy atom. The summed E-state index contributed by atoms with van der Waals surface area (Å²) < 4.78 is 0. The van der Waals surface area contributed by atoms with Crippen molar-refractivity contribution in [3.8, 4) is 0 Å². The third-order valence-electron chi connectivity index (χ3n) is 4.97. The summed E-state index contributed by atoms with van der Waals surface area (Å²) in [5.41, 5.74) is 0.649. The molecule has 0 spiro atoms. The van der Waals surface area contributed by atoms with Crippen LogP contribution in [0.25, 0.3) is 0 Å². The fourth-order valence-corrected chi connectivity index (χ4v) is 3.73. The van der Waals surface area contributed by atoms with E-state index in [-0.39, 0.29) is 17.1 Å². The monoisotopic (exact) mass is 252 g/mol. The molecule has 0 aromatic rings. The van der Waals surface area contributed by atoms with Crippen molar-refractivity contribution in [1.82, 2.24) is 0 Å².